The molecular formula is C22H25NO2. The number of hydrogen-bond acceptors (Lipinski definition) is 2. The van der Waals surface area contributed by atoms with E-state index >= 15 is 0 Å². The topological polar surface area (TPSA) is 29.5 Å². The average molecular weight is 335 g/mol. The second-order valence-corrected chi connectivity index (χ2v) is 6.58. The lowest BCUT2D eigenvalue weighted by atomic mass is 10.0. The van der Waals surface area contributed by atoms with E-state index in [1.54, 1.807) is 6.08 Å². The van der Waals surface area contributed by atoms with E-state index < -0.39 is 0 Å². The predicted octanol–water partition coefficient (Wildman–Crippen LogP) is 4.92. The molecule has 2 aromatic rings. The third kappa shape index (κ3) is 4.11. The summed E-state index contributed by atoms with van der Waals surface area (Å²) in [6, 6.07) is 16.0. The SMILES string of the molecule is C=Cc1ccc(C(=O)N2CCCCC2C)c(OCc2ccccc2)c1. The van der Waals surface area contributed by atoms with Crippen molar-refractivity contribution in [3.05, 3.63) is 71.8 Å². The van der Waals surface area contributed by atoms with Gasteiger partial charge in [0.1, 0.15) is 12.4 Å². The van der Waals surface area contributed by atoms with E-state index in [0.717, 1.165) is 30.5 Å². The maximum absolute atomic E-state index is 13.1. The summed E-state index contributed by atoms with van der Waals surface area (Å²) in [5, 5.41) is 0. The van der Waals surface area contributed by atoms with Crippen molar-refractivity contribution >= 4 is 12.0 Å². The predicted molar refractivity (Wildman–Crippen MR) is 102 cm³/mol. The molecule has 1 unspecified atom stereocenters. The van der Waals surface area contributed by atoms with Crippen molar-refractivity contribution in [2.24, 2.45) is 0 Å². The molecule has 0 aromatic heterocycles. The van der Waals surface area contributed by atoms with E-state index in [1.807, 2.05) is 53.4 Å². The zero-order chi connectivity index (χ0) is 17.6. The van der Waals surface area contributed by atoms with Gasteiger partial charge in [-0.3, -0.25) is 4.79 Å². The molecule has 0 saturated carbocycles. The van der Waals surface area contributed by atoms with Crippen LogP contribution in [0.25, 0.3) is 6.08 Å². The number of rotatable bonds is 5. The highest BCUT2D eigenvalue weighted by atomic mass is 16.5. The highest BCUT2D eigenvalue weighted by Gasteiger charge is 2.26. The highest BCUT2D eigenvalue weighted by molar-refractivity contribution is 5.97. The van der Waals surface area contributed by atoms with E-state index in [0.29, 0.717) is 17.9 Å². The minimum Gasteiger partial charge on any atom is -0.488 e. The van der Waals surface area contributed by atoms with Crippen molar-refractivity contribution in [3.63, 3.8) is 0 Å². The molecule has 0 bridgehead atoms. The van der Waals surface area contributed by atoms with Gasteiger partial charge in [-0.15, -0.1) is 0 Å². The normalized spacial score (nSPS) is 17.2. The van der Waals surface area contributed by atoms with Crippen LogP contribution in [0, 0.1) is 0 Å². The first-order chi connectivity index (χ1) is 12.2. The number of amides is 1. The summed E-state index contributed by atoms with van der Waals surface area (Å²) < 4.78 is 6.02. The van der Waals surface area contributed by atoms with Crippen LogP contribution in [0.5, 0.6) is 5.75 Å². The first kappa shape index (κ1) is 17.3. The fraction of sp³-hybridized carbons (Fsp3) is 0.318. The molecule has 0 N–H and O–H groups in total. The standard InChI is InChI=1S/C22H25NO2/c1-3-18-12-13-20(22(24)23-14-8-7-9-17(23)2)21(15-18)25-16-19-10-5-4-6-11-19/h3-6,10-13,15,17H,1,7-9,14,16H2,2H3. The molecule has 3 nitrogen and oxygen atoms in total. The molecule has 25 heavy (non-hydrogen) atoms. The molecule has 0 radical (unpaired) electrons. The molecule has 3 heteroatoms. The summed E-state index contributed by atoms with van der Waals surface area (Å²) in [6.45, 7) is 7.20. The Kier molecular flexibility index (Phi) is 5.54. The van der Waals surface area contributed by atoms with Crippen molar-refractivity contribution in [3.8, 4) is 5.75 Å². The highest BCUT2D eigenvalue weighted by Crippen LogP contribution is 2.27. The molecule has 2 aromatic carbocycles. The van der Waals surface area contributed by atoms with Gasteiger partial charge in [0.2, 0.25) is 0 Å². The Hall–Kier alpha value is -2.55. The van der Waals surface area contributed by atoms with Gasteiger partial charge in [-0.1, -0.05) is 49.1 Å². The Morgan fingerprint density at radius 1 is 1.24 bits per heavy atom. The van der Waals surface area contributed by atoms with Crippen LogP contribution in [0.1, 0.15) is 47.7 Å². The average Bonchev–Trinajstić information content (AvgIpc) is 2.67. The third-order valence-electron chi connectivity index (χ3n) is 4.77. The van der Waals surface area contributed by atoms with Crippen molar-refractivity contribution < 1.29 is 9.53 Å². The summed E-state index contributed by atoms with van der Waals surface area (Å²) in [4.78, 5) is 15.0. The number of hydrogen-bond donors (Lipinski definition) is 0. The van der Waals surface area contributed by atoms with E-state index in [2.05, 4.69) is 13.5 Å². The van der Waals surface area contributed by atoms with E-state index in [1.165, 1.54) is 6.42 Å². The number of piperidine rings is 1. The first-order valence-electron chi connectivity index (χ1n) is 8.93. The minimum absolute atomic E-state index is 0.0610. The Labute approximate surface area is 149 Å². The van der Waals surface area contributed by atoms with Crippen molar-refractivity contribution in [1.29, 1.82) is 0 Å². The van der Waals surface area contributed by atoms with E-state index in [9.17, 15) is 4.79 Å². The van der Waals surface area contributed by atoms with Crippen molar-refractivity contribution in [2.45, 2.75) is 38.8 Å². The number of carbonyl (C=O) groups is 1. The largest absolute Gasteiger partial charge is 0.488 e. The summed E-state index contributed by atoms with van der Waals surface area (Å²) in [5.41, 5.74) is 2.66. The zero-order valence-electron chi connectivity index (χ0n) is 14.8. The third-order valence-corrected chi connectivity index (χ3v) is 4.77. The van der Waals surface area contributed by atoms with Gasteiger partial charge in [-0.2, -0.15) is 0 Å². The second kappa shape index (κ2) is 8.02. The summed E-state index contributed by atoms with van der Waals surface area (Å²) in [7, 11) is 0. The van der Waals surface area contributed by atoms with Crippen LogP contribution in [-0.2, 0) is 6.61 Å². The van der Waals surface area contributed by atoms with Crippen LogP contribution >= 0.6 is 0 Å². The first-order valence-corrected chi connectivity index (χ1v) is 8.93. The molecule has 3 rings (SSSR count). The van der Waals surface area contributed by atoms with Crippen LogP contribution in [0.3, 0.4) is 0 Å². The van der Waals surface area contributed by atoms with Gasteiger partial charge in [0.05, 0.1) is 5.56 Å². The minimum atomic E-state index is 0.0610. The quantitative estimate of drug-likeness (QED) is 0.776. The van der Waals surface area contributed by atoms with Crippen LogP contribution in [0.2, 0.25) is 0 Å². The van der Waals surface area contributed by atoms with Crippen molar-refractivity contribution in [2.75, 3.05) is 6.54 Å². The zero-order valence-corrected chi connectivity index (χ0v) is 14.8. The van der Waals surface area contributed by atoms with E-state index in [-0.39, 0.29) is 11.9 Å². The van der Waals surface area contributed by atoms with E-state index in [4.69, 9.17) is 4.74 Å². The maximum Gasteiger partial charge on any atom is 0.257 e. The van der Waals surface area contributed by atoms with Gasteiger partial charge in [-0.25, -0.2) is 0 Å². The molecule has 1 heterocycles. The van der Waals surface area contributed by atoms with Crippen LogP contribution < -0.4 is 4.74 Å². The molecular weight excluding hydrogens is 310 g/mol. The lowest BCUT2D eigenvalue weighted by molar-refractivity contribution is 0.0631. The van der Waals surface area contributed by atoms with Gasteiger partial charge in [0.25, 0.3) is 5.91 Å². The van der Waals surface area contributed by atoms with Crippen LogP contribution in [0.4, 0.5) is 0 Å². The number of carbonyl (C=O) groups excluding carboxylic acids is 1. The Balaban J connectivity index is 1.84. The van der Waals surface area contributed by atoms with Gasteiger partial charge in [-0.05, 0) is 49.4 Å². The smallest absolute Gasteiger partial charge is 0.257 e. The molecule has 1 fully saturated rings. The second-order valence-electron chi connectivity index (χ2n) is 6.58. The Morgan fingerprint density at radius 2 is 2.04 bits per heavy atom. The van der Waals surface area contributed by atoms with Crippen LogP contribution in [-0.4, -0.2) is 23.4 Å². The van der Waals surface area contributed by atoms with Gasteiger partial charge in [0.15, 0.2) is 0 Å². The lowest BCUT2D eigenvalue weighted by Gasteiger charge is -2.33. The fourth-order valence-corrected chi connectivity index (χ4v) is 3.25. The number of likely N-dealkylation sites (tertiary alicyclic amines) is 1. The fourth-order valence-electron chi connectivity index (χ4n) is 3.25. The molecule has 1 atom stereocenters. The van der Waals surface area contributed by atoms with Gasteiger partial charge >= 0.3 is 0 Å². The van der Waals surface area contributed by atoms with Gasteiger partial charge < -0.3 is 9.64 Å². The van der Waals surface area contributed by atoms with Crippen molar-refractivity contribution in [1.82, 2.24) is 4.90 Å². The summed E-state index contributed by atoms with van der Waals surface area (Å²) >= 11 is 0. The number of benzene rings is 2. The monoisotopic (exact) mass is 335 g/mol. The molecule has 0 spiro atoms. The van der Waals surface area contributed by atoms with Crippen LogP contribution in [0.15, 0.2) is 55.1 Å². The summed E-state index contributed by atoms with van der Waals surface area (Å²) in [5.74, 6) is 0.690. The number of nitrogens with zero attached hydrogens (tertiary/aromatic N) is 1. The molecule has 1 saturated heterocycles. The molecule has 1 aliphatic heterocycles. The Morgan fingerprint density at radius 3 is 2.76 bits per heavy atom. The molecule has 1 aliphatic rings. The molecule has 1 amide bonds. The van der Waals surface area contributed by atoms with Gasteiger partial charge in [0, 0.05) is 12.6 Å². The Bertz CT molecular complexity index is 739. The number of ether oxygens (including phenoxy) is 1. The molecule has 0 aliphatic carbocycles. The molecule has 130 valence electrons. The summed E-state index contributed by atoms with van der Waals surface area (Å²) in [6.07, 6.45) is 5.10. The maximum atomic E-state index is 13.1. The lowest BCUT2D eigenvalue weighted by Crippen LogP contribution is -2.42.